The Kier molecular flexibility index (Phi) is 9.17. The molecule has 0 aliphatic carbocycles. The van der Waals surface area contributed by atoms with Crippen LogP contribution in [-0.4, -0.2) is 75.8 Å². The number of pyridine rings is 1. The predicted molar refractivity (Wildman–Crippen MR) is 186 cm³/mol. The van der Waals surface area contributed by atoms with Crippen molar-refractivity contribution in [1.29, 1.82) is 0 Å². The third-order valence-electron chi connectivity index (χ3n) is 8.58. The molecule has 1 amide bonds. The largest absolute Gasteiger partial charge is 0.488 e. The Hall–Kier alpha value is -5.25. The first-order valence-electron chi connectivity index (χ1n) is 16.3. The number of nitrogens with zero attached hydrogens (tertiary/aromatic N) is 4. The zero-order valence-electron chi connectivity index (χ0n) is 28.1. The predicted octanol–water partition coefficient (Wildman–Crippen LogP) is 6.60. The summed E-state index contributed by atoms with van der Waals surface area (Å²) in [5, 5.41) is 8.18. The van der Waals surface area contributed by atoms with Gasteiger partial charge in [-0.25, -0.2) is 9.31 Å². The number of hydrogen-bond acceptors (Lipinski definition) is 8. The highest BCUT2D eigenvalue weighted by atomic mass is 16.5. The molecule has 2 aliphatic heterocycles. The van der Waals surface area contributed by atoms with E-state index in [0.717, 1.165) is 58.7 Å². The van der Waals surface area contributed by atoms with Crippen LogP contribution < -0.4 is 10.1 Å². The first kappa shape index (κ1) is 32.7. The molecule has 1 N–H and O–H groups in total. The Morgan fingerprint density at radius 1 is 1.02 bits per heavy atom. The Morgan fingerprint density at radius 2 is 1.79 bits per heavy atom. The molecular formula is C38H43N5O5. The van der Waals surface area contributed by atoms with E-state index < -0.39 is 11.6 Å². The van der Waals surface area contributed by atoms with Gasteiger partial charge < -0.3 is 29.3 Å². The normalized spacial score (nSPS) is 17.5. The fourth-order valence-corrected chi connectivity index (χ4v) is 6.39. The van der Waals surface area contributed by atoms with E-state index in [9.17, 15) is 9.59 Å². The second kappa shape index (κ2) is 13.5. The summed E-state index contributed by atoms with van der Waals surface area (Å²) in [6.45, 7) is 15.8. The molecule has 4 heterocycles. The Bertz CT molecular complexity index is 1820. The van der Waals surface area contributed by atoms with E-state index in [1.807, 2.05) is 97.0 Å². The van der Waals surface area contributed by atoms with Gasteiger partial charge in [0.15, 0.2) is 5.88 Å². The lowest BCUT2D eigenvalue weighted by Crippen LogP contribution is -2.38. The number of likely N-dealkylation sites (tertiary alicyclic amines) is 1. The van der Waals surface area contributed by atoms with Gasteiger partial charge in [0.1, 0.15) is 29.3 Å². The summed E-state index contributed by atoms with van der Waals surface area (Å²) in [6, 6.07) is 21.1. The van der Waals surface area contributed by atoms with Gasteiger partial charge >= 0.3 is 5.97 Å². The quantitative estimate of drug-likeness (QED) is 0.104. The number of methoxy groups -OCH3 is 1. The topological polar surface area (TPSA) is 97.6 Å². The van der Waals surface area contributed by atoms with Gasteiger partial charge in [0, 0.05) is 54.2 Å². The molecule has 2 aromatic carbocycles. The lowest BCUT2D eigenvalue weighted by atomic mass is 10.1. The number of benzene rings is 2. The SMILES string of the molecule is C=C1c2ccccc2C(=O)N1CCCCNc1cc2c(-c3cccc(OC4CC(C(=O)OC)N(C(=C)OC(C)(C)C)C4)c3)cccn2n1. The lowest BCUT2D eigenvalue weighted by molar-refractivity contribution is -0.146. The summed E-state index contributed by atoms with van der Waals surface area (Å²) in [7, 11) is 1.39. The van der Waals surface area contributed by atoms with E-state index in [2.05, 4.69) is 24.5 Å². The highest BCUT2D eigenvalue weighted by molar-refractivity contribution is 6.08. The number of carbonyl (C=O) groups is 2. The van der Waals surface area contributed by atoms with Gasteiger partial charge in [-0.1, -0.05) is 43.0 Å². The van der Waals surface area contributed by atoms with Gasteiger partial charge in [0.05, 0.1) is 19.2 Å². The van der Waals surface area contributed by atoms with Crippen molar-refractivity contribution in [3.63, 3.8) is 0 Å². The molecule has 48 heavy (non-hydrogen) atoms. The number of nitrogens with one attached hydrogen (secondary N) is 1. The van der Waals surface area contributed by atoms with E-state index >= 15 is 0 Å². The molecule has 10 nitrogen and oxygen atoms in total. The van der Waals surface area contributed by atoms with E-state index in [-0.39, 0.29) is 18.0 Å². The van der Waals surface area contributed by atoms with Gasteiger partial charge in [-0.2, -0.15) is 5.10 Å². The fourth-order valence-electron chi connectivity index (χ4n) is 6.39. The van der Waals surface area contributed by atoms with Crippen LogP contribution >= 0.6 is 0 Å². The van der Waals surface area contributed by atoms with E-state index in [0.29, 0.717) is 31.1 Å². The zero-order chi connectivity index (χ0) is 34.0. The number of aromatic nitrogens is 2. The van der Waals surface area contributed by atoms with Gasteiger partial charge in [0.2, 0.25) is 0 Å². The minimum atomic E-state index is -0.538. The average molecular weight is 650 g/mol. The molecule has 0 spiro atoms. The van der Waals surface area contributed by atoms with Gasteiger partial charge in [-0.3, -0.25) is 4.79 Å². The molecule has 1 saturated heterocycles. The Labute approximate surface area is 281 Å². The first-order valence-corrected chi connectivity index (χ1v) is 16.3. The number of esters is 1. The summed E-state index contributed by atoms with van der Waals surface area (Å²) in [4.78, 5) is 29.0. The maximum atomic E-state index is 12.8. The van der Waals surface area contributed by atoms with Gasteiger partial charge in [-0.15, -0.1) is 0 Å². The number of ether oxygens (including phenoxy) is 3. The van der Waals surface area contributed by atoms with Gasteiger partial charge in [-0.05, 0) is 70.0 Å². The molecule has 250 valence electrons. The monoisotopic (exact) mass is 649 g/mol. The summed E-state index contributed by atoms with van der Waals surface area (Å²) in [6.07, 6.45) is 3.84. The molecule has 0 radical (unpaired) electrons. The number of anilines is 1. The molecule has 0 bridgehead atoms. The third kappa shape index (κ3) is 6.88. The first-order chi connectivity index (χ1) is 23.0. The molecule has 1 fully saturated rings. The van der Waals surface area contributed by atoms with Crippen LogP contribution in [0.25, 0.3) is 22.3 Å². The van der Waals surface area contributed by atoms with Crippen LogP contribution in [0, 0.1) is 0 Å². The molecule has 10 heteroatoms. The Morgan fingerprint density at radius 3 is 2.54 bits per heavy atom. The molecule has 2 atom stereocenters. The molecular weight excluding hydrogens is 606 g/mol. The molecule has 6 rings (SSSR count). The van der Waals surface area contributed by atoms with Crippen molar-refractivity contribution in [2.45, 2.75) is 57.8 Å². The van der Waals surface area contributed by atoms with Crippen LogP contribution in [-0.2, 0) is 14.3 Å². The zero-order valence-corrected chi connectivity index (χ0v) is 28.1. The number of fused-ring (bicyclic) bond motifs is 2. The van der Waals surface area contributed by atoms with Crippen molar-refractivity contribution < 1.29 is 23.8 Å². The summed E-state index contributed by atoms with van der Waals surface area (Å²) >= 11 is 0. The van der Waals surface area contributed by atoms with Crippen molar-refractivity contribution in [3.8, 4) is 16.9 Å². The molecule has 2 unspecified atom stereocenters. The van der Waals surface area contributed by atoms with E-state index in [4.69, 9.17) is 19.3 Å². The molecule has 2 aromatic heterocycles. The summed E-state index contributed by atoms with van der Waals surface area (Å²) < 4.78 is 19.3. The lowest BCUT2D eigenvalue weighted by Gasteiger charge is -2.31. The molecule has 0 saturated carbocycles. The standard InChI is InChI=1S/C38H43N5O5/c1-25-30-15-7-8-16-32(30)36(44)41(25)19-10-9-18-39-35-23-33-31(17-12-20-43(33)40-35)27-13-11-14-28(21-27)47-29-22-34(37(45)46-6)42(24-29)26(2)48-38(3,4)5/h7-8,11-17,20-21,23,29,34H,1-2,9-10,18-19,22,24H2,3-6H3,(H,39,40). The van der Waals surface area contributed by atoms with Crippen molar-refractivity contribution >= 4 is 28.9 Å². The van der Waals surface area contributed by atoms with Crippen LogP contribution in [0.15, 0.2) is 92.0 Å². The van der Waals surface area contributed by atoms with Crippen molar-refractivity contribution in [2.24, 2.45) is 0 Å². The van der Waals surface area contributed by atoms with Crippen LogP contribution in [0.1, 0.15) is 56.0 Å². The highest BCUT2D eigenvalue weighted by Gasteiger charge is 2.41. The third-order valence-corrected chi connectivity index (χ3v) is 8.58. The maximum Gasteiger partial charge on any atom is 0.328 e. The van der Waals surface area contributed by atoms with E-state index in [1.165, 1.54) is 7.11 Å². The summed E-state index contributed by atoms with van der Waals surface area (Å²) in [5.41, 5.74) is 4.93. The second-order valence-corrected chi connectivity index (χ2v) is 13.2. The molecule has 4 aromatic rings. The second-order valence-electron chi connectivity index (χ2n) is 13.2. The van der Waals surface area contributed by atoms with Gasteiger partial charge in [0.25, 0.3) is 5.91 Å². The van der Waals surface area contributed by atoms with Crippen LogP contribution in [0.2, 0.25) is 0 Å². The average Bonchev–Trinajstić information content (AvgIpc) is 3.74. The highest BCUT2D eigenvalue weighted by Crippen LogP contribution is 2.33. The number of rotatable bonds is 12. The van der Waals surface area contributed by atoms with Crippen molar-refractivity contribution in [3.05, 3.63) is 103 Å². The fraction of sp³-hybridized carbons (Fsp3) is 0.342. The molecule has 2 aliphatic rings. The van der Waals surface area contributed by atoms with Crippen LogP contribution in [0.5, 0.6) is 5.75 Å². The van der Waals surface area contributed by atoms with Crippen molar-refractivity contribution in [2.75, 3.05) is 32.1 Å². The van der Waals surface area contributed by atoms with Crippen LogP contribution in [0.4, 0.5) is 5.82 Å². The smallest absolute Gasteiger partial charge is 0.328 e. The number of amides is 1. The Balaban J connectivity index is 1.08. The van der Waals surface area contributed by atoms with E-state index in [1.54, 1.807) is 4.90 Å². The number of carbonyl (C=O) groups excluding carboxylic acids is 2. The summed E-state index contributed by atoms with van der Waals surface area (Å²) in [5.74, 6) is 1.59. The minimum absolute atomic E-state index is 0.0260. The number of hydrogen-bond donors (Lipinski definition) is 1. The minimum Gasteiger partial charge on any atom is -0.488 e. The van der Waals surface area contributed by atoms with Crippen LogP contribution in [0.3, 0.4) is 0 Å². The number of unbranched alkanes of at least 4 members (excludes halogenated alkanes) is 1. The van der Waals surface area contributed by atoms with Crippen molar-refractivity contribution in [1.82, 2.24) is 19.4 Å². The maximum absolute atomic E-state index is 12.8.